The summed E-state index contributed by atoms with van der Waals surface area (Å²) >= 11 is 0. The second-order valence-electron chi connectivity index (χ2n) is 5.86. The summed E-state index contributed by atoms with van der Waals surface area (Å²) in [7, 11) is 0. The van der Waals surface area contributed by atoms with Crippen LogP contribution in [0.3, 0.4) is 0 Å². The molecule has 3 rings (SSSR count). The van der Waals surface area contributed by atoms with E-state index in [1.165, 1.54) is 6.07 Å². The van der Waals surface area contributed by atoms with E-state index in [-0.39, 0.29) is 22.5 Å². The van der Waals surface area contributed by atoms with Crippen molar-refractivity contribution in [1.29, 1.82) is 5.26 Å². The molecule has 0 saturated carbocycles. The number of carbonyl (C=O) groups excluding carboxylic acids is 2. The third-order valence-corrected chi connectivity index (χ3v) is 3.95. The number of anilines is 1. The first-order valence-electron chi connectivity index (χ1n) is 8.37. The van der Waals surface area contributed by atoms with Gasteiger partial charge in [0.05, 0.1) is 21.7 Å². The highest BCUT2D eigenvalue weighted by molar-refractivity contribution is 5.96. The van der Waals surface area contributed by atoms with Crippen LogP contribution in [0.4, 0.5) is 11.4 Å². The molecular weight excluding hydrogens is 376 g/mol. The lowest BCUT2D eigenvalue weighted by molar-refractivity contribution is -0.384. The zero-order chi connectivity index (χ0) is 20.8. The van der Waals surface area contributed by atoms with E-state index in [4.69, 9.17) is 10.00 Å². The number of amides is 1. The van der Waals surface area contributed by atoms with Gasteiger partial charge in [-0.1, -0.05) is 0 Å². The molecule has 1 N–H and O–H groups in total. The van der Waals surface area contributed by atoms with Gasteiger partial charge < -0.3 is 14.6 Å². The standard InChI is InChI=1S/C20H14N4O5/c21-12-15-11-17(24(27)28)7-8-18(15)22-19(25)13-29-20(26)14-3-5-16(6-4-14)23-9-1-2-10-23/h1-11H,13H2,(H,22,25). The van der Waals surface area contributed by atoms with Crippen molar-refractivity contribution >= 4 is 23.3 Å². The Kier molecular flexibility index (Phi) is 5.66. The van der Waals surface area contributed by atoms with Gasteiger partial charge >= 0.3 is 5.97 Å². The number of nitrogens with one attached hydrogen (secondary N) is 1. The van der Waals surface area contributed by atoms with Crippen LogP contribution in [0.25, 0.3) is 5.69 Å². The van der Waals surface area contributed by atoms with Crippen molar-refractivity contribution in [2.24, 2.45) is 0 Å². The fraction of sp³-hybridized carbons (Fsp3) is 0.0500. The molecule has 0 aliphatic carbocycles. The number of hydrogen-bond donors (Lipinski definition) is 1. The molecule has 9 heteroatoms. The summed E-state index contributed by atoms with van der Waals surface area (Å²) in [6.45, 7) is -0.569. The van der Waals surface area contributed by atoms with Gasteiger partial charge in [-0.3, -0.25) is 14.9 Å². The van der Waals surface area contributed by atoms with Gasteiger partial charge in [0.1, 0.15) is 6.07 Å². The van der Waals surface area contributed by atoms with Crippen molar-refractivity contribution in [3.63, 3.8) is 0 Å². The van der Waals surface area contributed by atoms with Gasteiger partial charge in [0.25, 0.3) is 11.6 Å². The Balaban J connectivity index is 1.59. The Bertz CT molecular complexity index is 1100. The number of benzene rings is 2. The minimum atomic E-state index is -0.677. The largest absolute Gasteiger partial charge is 0.452 e. The average Bonchev–Trinajstić information content (AvgIpc) is 3.27. The third kappa shape index (κ3) is 4.64. The third-order valence-electron chi connectivity index (χ3n) is 3.95. The SMILES string of the molecule is N#Cc1cc([N+](=O)[O-])ccc1NC(=O)COC(=O)c1ccc(-n2cccc2)cc1. The van der Waals surface area contributed by atoms with Crippen LogP contribution in [-0.2, 0) is 9.53 Å². The number of nitro benzene ring substituents is 1. The Morgan fingerprint density at radius 2 is 1.83 bits per heavy atom. The van der Waals surface area contributed by atoms with E-state index in [9.17, 15) is 19.7 Å². The molecule has 0 fully saturated rings. The first-order valence-corrected chi connectivity index (χ1v) is 8.37. The number of ether oxygens (including phenoxy) is 1. The summed E-state index contributed by atoms with van der Waals surface area (Å²) in [6, 6.07) is 15.6. The maximum absolute atomic E-state index is 12.1. The quantitative estimate of drug-likeness (QED) is 0.391. The Morgan fingerprint density at radius 3 is 2.45 bits per heavy atom. The molecular formula is C20H14N4O5. The first-order chi connectivity index (χ1) is 14.0. The highest BCUT2D eigenvalue weighted by atomic mass is 16.6. The number of nitrogens with zero attached hydrogens (tertiary/aromatic N) is 3. The van der Waals surface area contributed by atoms with Crippen molar-refractivity contribution < 1.29 is 19.2 Å². The maximum Gasteiger partial charge on any atom is 0.338 e. The summed E-state index contributed by atoms with van der Waals surface area (Å²) < 4.78 is 6.85. The fourth-order valence-corrected chi connectivity index (χ4v) is 2.52. The molecule has 144 valence electrons. The van der Waals surface area contributed by atoms with Crippen molar-refractivity contribution in [2.45, 2.75) is 0 Å². The van der Waals surface area contributed by atoms with Gasteiger partial charge in [-0.25, -0.2) is 4.79 Å². The van der Waals surface area contributed by atoms with Gasteiger partial charge in [-0.2, -0.15) is 5.26 Å². The highest BCUT2D eigenvalue weighted by Gasteiger charge is 2.14. The van der Waals surface area contributed by atoms with Crippen LogP contribution in [0.2, 0.25) is 0 Å². The van der Waals surface area contributed by atoms with Crippen molar-refractivity contribution in [3.8, 4) is 11.8 Å². The summed E-state index contributed by atoms with van der Waals surface area (Å²) in [5, 5.41) is 22.2. The van der Waals surface area contributed by atoms with E-state index < -0.39 is 23.4 Å². The van der Waals surface area contributed by atoms with E-state index >= 15 is 0 Å². The van der Waals surface area contributed by atoms with Crippen LogP contribution in [0, 0.1) is 21.4 Å². The molecule has 0 radical (unpaired) electrons. The lowest BCUT2D eigenvalue weighted by Crippen LogP contribution is -2.21. The highest BCUT2D eigenvalue weighted by Crippen LogP contribution is 2.21. The zero-order valence-corrected chi connectivity index (χ0v) is 14.9. The van der Waals surface area contributed by atoms with Crippen LogP contribution >= 0.6 is 0 Å². The van der Waals surface area contributed by atoms with Crippen LogP contribution in [-0.4, -0.2) is 28.0 Å². The van der Waals surface area contributed by atoms with Crippen molar-refractivity contribution in [3.05, 3.63) is 88.2 Å². The average molecular weight is 390 g/mol. The predicted octanol–water partition coefficient (Wildman–Crippen LogP) is 3.05. The maximum atomic E-state index is 12.1. The number of nitriles is 1. The lowest BCUT2D eigenvalue weighted by atomic mass is 10.1. The van der Waals surface area contributed by atoms with E-state index in [1.807, 2.05) is 29.1 Å². The Morgan fingerprint density at radius 1 is 1.14 bits per heavy atom. The number of esters is 1. The summed E-state index contributed by atoms with van der Waals surface area (Å²) in [5.74, 6) is -1.35. The minimum absolute atomic E-state index is 0.0699. The van der Waals surface area contributed by atoms with E-state index in [0.29, 0.717) is 0 Å². The smallest absolute Gasteiger partial charge is 0.338 e. The molecule has 1 amide bonds. The molecule has 2 aromatic carbocycles. The molecule has 0 unspecified atom stereocenters. The number of nitro groups is 1. The topological polar surface area (TPSA) is 127 Å². The van der Waals surface area contributed by atoms with E-state index in [1.54, 1.807) is 30.3 Å². The number of hydrogen-bond acceptors (Lipinski definition) is 6. The fourth-order valence-electron chi connectivity index (χ4n) is 2.52. The molecule has 9 nitrogen and oxygen atoms in total. The summed E-state index contributed by atoms with van der Waals surface area (Å²) in [5.41, 5.74) is 0.900. The molecule has 3 aromatic rings. The lowest BCUT2D eigenvalue weighted by Gasteiger charge is -2.08. The zero-order valence-electron chi connectivity index (χ0n) is 14.9. The summed E-state index contributed by atoms with van der Waals surface area (Å²) in [4.78, 5) is 34.2. The Hall–Kier alpha value is -4.45. The second kappa shape index (κ2) is 8.49. The van der Waals surface area contributed by atoms with E-state index in [0.717, 1.165) is 17.8 Å². The Labute approximate surface area is 164 Å². The van der Waals surface area contributed by atoms with Gasteiger partial charge in [-0.05, 0) is 42.5 Å². The monoisotopic (exact) mass is 390 g/mol. The summed E-state index contributed by atoms with van der Waals surface area (Å²) in [6.07, 6.45) is 3.73. The number of rotatable bonds is 6. The van der Waals surface area contributed by atoms with Crippen LogP contribution in [0.5, 0.6) is 0 Å². The molecule has 0 spiro atoms. The van der Waals surface area contributed by atoms with E-state index in [2.05, 4.69) is 5.32 Å². The van der Waals surface area contributed by atoms with Crippen LogP contribution < -0.4 is 5.32 Å². The van der Waals surface area contributed by atoms with Gasteiger partial charge in [-0.15, -0.1) is 0 Å². The normalized spacial score (nSPS) is 10.0. The van der Waals surface area contributed by atoms with Gasteiger partial charge in [0.2, 0.25) is 0 Å². The van der Waals surface area contributed by atoms with Crippen LogP contribution in [0.1, 0.15) is 15.9 Å². The van der Waals surface area contributed by atoms with Gasteiger partial charge in [0.15, 0.2) is 6.61 Å². The number of aromatic nitrogens is 1. The molecule has 0 aliphatic heterocycles. The minimum Gasteiger partial charge on any atom is -0.452 e. The molecule has 0 bridgehead atoms. The van der Waals surface area contributed by atoms with Crippen molar-refractivity contribution in [1.82, 2.24) is 4.57 Å². The van der Waals surface area contributed by atoms with Gasteiger partial charge in [0, 0.05) is 30.2 Å². The first kappa shape index (κ1) is 19.3. The molecule has 1 aromatic heterocycles. The second-order valence-corrected chi connectivity index (χ2v) is 5.86. The number of carbonyl (C=O) groups is 2. The predicted molar refractivity (Wildman–Crippen MR) is 102 cm³/mol. The molecule has 0 aliphatic rings. The molecule has 0 saturated heterocycles. The number of non-ortho nitro benzene ring substituents is 1. The molecule has 1 heterocycles. The van der Waals surface area contributed by atoms with Crippen LogP contribution in [0.15, 0.2) is 67.0 Å². The van der Waals surface area contributed by atoms with Crippen molar-refractivity contribution in [2.75, 3.05) is 11.9 Å². The molecule has 0 atom stereocenters. The molecule has 29 heavy (non-hydrogen) atoms.